The number of benzene rings is 3. The molecule has 0 fully saturated rings. The van der Waals surface area contributed by atoms with Crippen LogP contribution < -0.4 is 19.6 Å². The zero-order valence-corrected chi connectivity index (χ0v) is 24.7. The lowest BCUT2D eigenvalue weighted by Gasteiger charge is -2.19. The summed E-state index contributed by atoms with van der Waals surface area (Å²) in [6.45, 7) is 6.51. The van der Waals surface area contributed by atoms with Gasteiger partial charge in [-0.2, -0.15) is 5.10 Å². The Morgan fingerprint density at radius 3 is 2.17 bits per heavy atom. The summed E-state index contributed by atoms with van der Waals surface area (Å²) in [5, 5.41) is 23.5. The Hall–Kier alpha value is -4.51. The second kappa shape index (κ2) is 12.8. The number of nitrogens with zero attached hydrogens (tertiary/aromatic N) is 4. The Kier molecular flexibility index (Phi) is 9.18. The number of phenols is 1. The van der Waals surface area contributed by atoms with Crippen molar-refractivity contribution in [3.05, 3.63) is 71.8 Å². The molecule has 2 N–H and O–H groups in total. The van der Waals surface area contributed by atoms with Crippen molar-refractivity contribution in [1.82, 2.24) is 20.2 Å². The molecule has 0 aliphatic heterocycles. The summed E-state index contributed by atoms with van der Waals surface area (Å²) >= 11 is 1.24. The lowest BCUT2D eigenvalue weighted by Crippen LogP contribution is -2.20. The van der Waals surface area contributed by atoms with Crippen molar-refractivity contribution in [2.75, 3.05) is 27.1 Å². The summed E-state index contributed by atoms with van der Waals surface area (Å²) in [5.74, 6) is 1.46. The number of rotatable bonds is 10. The van der Waals surface area contributed by atoms with Crippen LogP contribution in [0.4, 0.5) is 0 Å². The first kappa shape index (κ1) is 29.5. The number of methoxy groups -OCH3 is 3. The minimum atomic E-state index is -0.329. The van der Waals surface area contributed by atoms with Gasteiger partial charge in [-0.3, -0.25) is 9.36 Å². The smallest absolute Gasteiger partial charge is 0.250 e. The van der Waals surface area contributed by atoms with Crippen molar-refractivity contribution in [2.24, 2.45) is 5.10 Å². The third-order valence-electron chi connectivity index (χ3n) is 6.21. The van der Waals surface area contributed by atoms with Crippen LogP contribution in [-0.2, 0) is 10.2 Å². The zero-order chi connectivity index (χ0) is 29.6. The molecule has 0 saturated heterocycles. The van der Waals surface area contributed by atoms with Crippen LogP contribution in [0, 0.1) is 0 Å². The molecule has 1 amide bonds. The van der Waals surface area contributed by atoms with Crippen LogP contribution in [0.15, 0.2) is 70.9 Å². The lowest BCUT2D eigenvalue weighted by molar-refractivity contribution is -0.118. The Balaban J connectivity index is 1.53. The van der Waals surface area contributed by atoms with Crippen molar-refractivity contribution in [3.63, 3.8) is 0 Å². The molecule has 41 heavy (non-hydrogen) atoms. The van der Waals surface area contributed by atoms with E-state index in [1.54, 1.807) is 19.2 Å². The molecular weight excluding hydrogens is 542 g/mol. The molecule has 1 heterocycles. The van der Waals surface area contributed by atoms with Crippen LogP contribution in [0.2, 0.25) is 0 Å². The second-order valence-corrected chi connectivity index (χ2v) is 11.0. The summed E-state index contributed by atoms with van der Waals surface area (Å²) in [5.41, 5.74) is 6.07. The first-order valence-electron chi connectivity index (χ1n) is 12.7. The molecular formula is C30H33N5O5S. The molecule has 0 saturated carbocycles. The van der Waals surface area contributed by atoms with Gasteiger partial charge < -0.3 is 19.3 Å². The van der Waals surface area contributed by atoms with Crippen molar-refractivity contribution in [2.45, 2.75) is 31.3 Å². The number of phenolic OH excluding ortho intramolecular Hbond substituents is 1. The number of carbonyl (C=O) groups excluding carboxylic acids is 1. The van der Waals surface area contributed by atoms with E-state index in [0.717, 1.165) is 17.0 Å². The van der Waals surface area contributed by atoms with Crippen molar-refractivity contribution in [3.8, 4) is 40.1 Å². The molecule has 214 valence electrons. The van der Waals surface area contributed by atoms with Gasteiger partial charge in [0.05, 0.1) is 33.3 Å². The molecule has 0 atom stereocenters. The van der Waals surface area contributed by atoms with E-state index in [9.17, 15) is 9.90 Å². The molecule has 0 aliphatic rings. The highest BCUT2D eigenvalue weighted by Gasteiger charge is 2.19. The van der Waals surface area contributed by atoms with Gasteiger partial charge in [0.25, 0.3) is 5.91 Å². The molecule has 3 aromatic carbocycles. The number of thioether (sulfide) groups is 1. The van der Waals surface area contributed by atoms with Crippen LogP contribution >= 0.6 is 11.8 Å². The predicted molar refractivity (Wildman–Crippen MR) is 160 cm³/mol. The van der Waals surface area contributed by atoms with Gasteiger partial charge in [0.2, 0.25) is 5.75 Å². The number of hydrazone groups is 1. The summed E-state index contributed by atoms with van der Waals surface area (Å²) in [7, 11) is 4.49. The number of nitrogens with one attached hydrogen (secondary N) is 1. The predicted octanol–water partition coefficient (Wildman–Crippen LogP) is 5.21. The molecule has 0 unspecified atom stereocenters. The molecule has 1 aromatic heterocycles. The van der Waals surface area contributed by atoms with Gasteiger partial charge in [-0.15, -0.1) is 10.2 Å². The van der Waals surface area contributed by atoms with E-state index in [2.05, 4.69) is 53.6 Å². The highest BCUT2D eigenvalue weighted by atomic mass is 32.2. The van der Waals surface area contributed by atoms with Gasteiger partial charge in [0, 0.05) is 16.8 Å². The van der Waals surface area contributed by atoms with Gasteiger partial charge in [0.15, 0.2) is 22.5 Å². The average molecular weight is 576 g/mol. The molecule has 11 heteroatoms. The Labute approximate surface area is 243 Å². The number of ether oxygens (including phenoxy) is 3. The van der Waals surface area contributed by atoms with Gasteiger partial charge in [-0.25, -0.2) is 5.43 Å². The number of amides is 1. The maximum Gasteiger partial charge on any atom is 0.250 e. The second-order valence-electron chi connectivity index (χ2n) is 10.0. The maximum absolute atomic E-state index is 12.6. The molecule has 0 spiro atoms. The van der Waals surface area contributed by atoms with E-state index >= 15 is 0 Å². The standard InChI is InChI=1S/C30H33N5O5S/c1-30(2,3)21-9-7-20(8-10-21)28-33-34-29(35(28)22-11-13-23(38-4)14-12-22)41-18-26(36)32-31-17-19-15-24(39-5)27(37)25(16-19)40-6/h7-17,37H,18H2,1-6H3,(H,32,36)/b31-17+. The topological polar surface area (TPSA) is 120 Å². The van der Waals surface area contributed by atoms with E-state index in [1.807, 2.05) is 41.0 Å². The van der Waals surface area contributed by atoms with Crippen LogP contribution in [0.25, 0.3) is 17.1 Å². The SMILES string of the molecule is COc1ccc(-n2c(SCC(=O)N/N=C/c3cc(OC)c(O)c(OC)c3)nnc2-c2ccc(C(C)(C)C)cc2)cc1. The Morgan fingerprint density at radius 2 is 1.61 bits per heavy atom. The number of hydrogen-bond acceptors (Lipinski definition) is 9. The fourth-order valence-electron chi connectivity index (χ4n) is 3.96. The van der Waals surface area contributed by atoms with Crippen LogP contribution in [-0.4, -0.2) is 59.1 Å². The van der Waals surface area contributed by atoms with E-state index < -0.39 is 0 Å². The van der Waals surface area contributed by atoms with Crippen molar-refractivity contribution < 1.29 is 24.1 Å². The molecule has 10 nitrogen and oxygen atoms in total. The number of carbonyl (C=O) groups is 1. The maximum atomic E-state index is 12.6. The van der Waals surface area contributed by atoms with Crippen molar-refractivity contribution >= 4 is 23.9 Å². The van der Waals surface area contributed by atoms with E-state index in [1.165, 1.54) is 37.8 Å². The van der Waals surface area contributed by atoms with Gasteiger partial charge in [-0.05, 0) is 47.4 Å². The first-order valence-corrected chi connectivity index (χ1v) is 13.7. The zero-order valence-electron chi connectivity index (χ0n) is 23.8. The van der Waals surface area contributed by atoms with Crippen LogP contribution in [0.3, 0.4) is 0 Å². The quantitative estimate of drug-likeness (QED) is 0.150. The van der Waals surface area contributed by atoms with E-state index in [0.29, 0.717) is 16.5 Å². The largest absolute Gasteiger partial charge is 0.502 e. The molecule has 0 bridgehead atoms. The minimum absolute atomic E-state index is 0.0272. The fraction of sp³-hybridized carbons (Fsp3) is 0.267. The average Bonchev–Trinajstić information content (AvgIpc) is 3.40. The first-order chi connectivity index (χ1) is 19.6. The van der Waals surface area contributed by atoms with Crippen LogP contribution in [0.5, 0.6) is 23.0 Å². The summed E-state index contributed by atoms with van der Waals surface area (Å²) in [4.78, 5) is 12.6. The number of aromatic hydroxyl groups is 1. The Morgan fingerprint density at radius 1 is 0.976 bits per heavy atom. The third kappa shape index (κ3) is 6.98. The highest BCUT2D eigenvalue weighted by molar-refractivity contribution is 7.99. The van der Waals surface area contributed by atoms with Crippen LogP contribution in [0.1, 0.15) is 31.9 Å². The normalized spacial score (nSPS) is 11.5. The summed E-state index contributed by atoms with van der Waals surface area (Å²) in [6, 6.07) is 19.0. The van der Waals surface area contributed by atoms with Gasteiger partial charge in [0.1, 0.15) is 5.75 Å². The van der Waals surface area contributed by atoms with E-state index in [-0.39, 0.29) is 34.3 Å². The number of aromatic nitrogens is 3. The lowest BCUT2D eigenvalue weighted by atomic mass is 9.87. The van der Waals surface area contributed by atoms with E-state index in [4.69, 9.17) is 14.2 Å². The molecule has 4 aromatic rings. The van der Waals surface area contributed by atoms with Gasteiger partial charge in [-0.1, -0.05) is 56.8 Å². The Bertz CT molecular complexity index is 1500. The number of hydrogen-bond donors (Lipinski definition) is 2. The molecule has 0 aliphatic carbocycles. The minimum Gasteiger partial charge on any atom is -0.502 e. The van der Waals surface area contributed by atoms with Crippen molar-refractivity contribution in [1.29, 1.82) is 0 Å². The highest BCUT2D eigenvalue weighted by Crippen LogP contribution is 2.36. The molecule has 4 rings (SSSR count). The summed E-state index contributed by atoms with van der Waals surface area (Å²) in [6.07, 6.45) is 1.44. The van der Waals surface area contributed by atoms with Gasteiger partial charge >= 0.3 is 0 Å². The third-order valence-corrected chi connectivity index (χ3v) is 7.14. The summed E-state index contributed by atoms with van der Waals surface area (Å²) < 4.78 is 17.5. The monoisotopic (exact) mass is 575 g/mol. The fourth-order valence-corrected chi connectivity index (χ4v) is 4.71. The molecule has 0 radical (unpaired) electrons.